The van der Waals surface area contributed by atoms with Gasteiger partial charge in [0, 0.05) is 36.4 Å². The van der Waals surface area contributed by atoms with Gasteiger partial charge in [-0.05, 0) is 57.9 Å². The second-order valence-electron chi connectivity index (χ2n) is 7.38. The lowest BCUT2D eigenvalue weighted by Crippen LogP contribution is -2.36. The van der Waals surface area contributed by atoms with Crippen molar-refractivity contribution in [2.24, 2.45) is 0 Å². The van der Waals surface area contributed by atoms with Crippen LogP contribution in [0, 0.1) is 6.92 Å². The number of pyridine rings is 1. The van der Waals surface area contributed by atoms with Crippen LogP contribution in [0.2, 0.25) is 0 Å². The average molecular weight is 327 g/mol. The average Bonchev–Trinajstić information content (AvgIpc) is 2.97. The molecule has 0 aliphatic carbocycles. The molecule has 0 radical (unpaired) electrons. The summed E-state index contributed by atoms with van der Waals surface area (Å²) in [5, 5.41) is 4.73. The van der Waals surface area contributed by atoms with Crippen LogP contribution in [0.4, 0.5) is 10.5 Å². The van der Waals surface area contributed by atoms with Crippen LogP contribution in [0.3, 0.4) is 0 Å². The highest BCUT2D eigenvalue weighted by molar-refractivity contribution is 5.93. The van der Waals surface area contributed by atoms with Gasteiger partial charge in [0.2, 0.25) is 0 Å². The van der Waals surface area contributed by atoms with Gasteiger partial charge in [-0.15, -0.1) is 0 Å². The number of carbonyl (C=O) groups is 1. The topological polar surface area (TPSA) is 54.5 Å². The van der Waals surface area contributed by atoms with Gasteiger partial charge in [-0.3, -0.25) is 4.98 Å². The van der Waals surface area contributed by atoms with Crippen LogP contribution >= 0.6 is 0 Å². The van der Waals surface area contributed by atoms with Crippen molar-refractivity contribution in [3.05, 3.63) is 36.0 Å². The minimum atomic E-state index is -0.458. The first-order chi connectivity index (χ1) is 11.3. The van der Waals surface area contributed by atoms with E-state index < -0.39 is 5.60 Å². The Morgan fingerprint density at radius 2 is 2.12 bits per heavy atom. The Hall–Kier alpha value is -2.30. The third-order valence-corrected chi connectivity index (χ3v) is 4.18. The Kier molecular flexibility index (Phi) is 4.35. The Balaban J connectivity index is 1.72. The summed E-state index contributed by atoms with van der Waals surface area (Å²) in [5.74, 6) is 0. The Morgan fingerprint density at radius 3 is 2.88 bits per heavy atom. The molecule has 1 amide bonds. The van der Waals surface area contributed by atoms with E-state index in [0.29, 0.717) is 13.1 Å². The number of hydrogen-bond acceptors (Lipinski definition) is 4. The molecular formula is C19H25N3O2. The zero-order chi connectivity index (χ0) is 17.3. The van der Waals surface area contributed by atoms with Crippen LogP contribution in [-0.4, -0.2) is 40.7 Å². The van der Waals surface area contributed by atoms with E-state index in [4.69, 9.17) is 4.74 Å². The number of carbonyl (C=O) groups excluding carboxylic acids is 1. The lowest BCUT2D eigenvalue weighted by molar-refractivity contribution is 0.0293. The first-order valence-corrected chi connectivity index (χ1v) is 8.42. The molecule has 1 N–H and O–H groups in total. The van der Waals surface area contributed by atoms with Gasteiger partial charge in [0.25, 0.3) is 0 Å². The molecule has 1 saturated heterocycles. The van der Waals surface area contributed by atoms with E-state index >= 15 is 0 Å². The standard InChI is InChI=1S/C19H25N3O2/c1-13-7-8-16-15(6-5-10-20-16)17(13)21-14-9-11-22(12-14)18(23)24-19(2,3)4/h5-8,10,14,21H,9,11-12H2,1-4H3/t14-/m1/s1. The quantitative estimate of drug-likeness (QED) is 0.907. The number of likely N-dealkylation sites (tertiary alicyclic amines) is 1. The normalized spacial score (nSPS) is 18.0. The van der Waals surface area contributed by atoms with E-state index in [1.165, 1.54) is 5.56 Å². The summed E-state index contributed by atoms with van der Waals surface area (Å²) in [5.41, 5.74) is 2.82. The number of amides is 1. The van der Waals surface area contributed by atoms with Crippen molar-refractivity contribution in [2.75, 3.05) is 18.4 Å². The van der Waals surface area contributed by atoms with E-state index in [0.717, 1.165) is 23.0 Å². The highest BCUT2D eigenvalue weighted by Gasteiger charge is 2.30. The third kappa shape index (κ3) is 3.61. The molecule has 1 aromatic heterocycles. The van der Waals surface area contributed by atoms with Crippen molar-refractivity contribution in [1.29, 1.82) is 0 Å². The zero-order valence-corrected chi connectivity index (χ0v) is 14.8. The SMILES string of the molecule is Cc1ccc2ncccc2c1N[C@@H]1CCN(C(=O)OC(C)(C)C)C1. The molecule has 0 spiro atoms. The van der Waals surface area contributed by atoms with Gasteiger partial charge in [0.1, 0.15) is 5.60 Å². The van der Waals surface area contributed by atoms with E-state index in [-0.39, 0.29) is 12.1 Å². The number of nitrogens with one attached hydrogen (secondary N) is 1. The number of fused-ring (bicyclic) bond motifs is 1. The minimum absolute atomic E-state index is 0.224. The lowest BCUT2D eigenvalue weighted by atomic mass is 10.1. The fraction of sp³-hybridized carbons (Fsp3) is 0.474. The van der Waals surface area contributed by atoms with E-state index in [1.54, 1.807) is 11.1 Å². The minimum Gasteiger partial charge on any atom is -0.444 e. The van der Waals surface area contributed by atoms with Crippen molar-refractivity contribution in [2.45, 2.75) is 45.8 Å². The maximum atomic E-state index is 12.2. The molecule has 1 fully saturated rings. The first-order valence-electron chi connectivity index (χ1n) is 8.42. The summed E-state index contributed by atoms with van der Waals surface area (Å²) in [4.78, 5) is 18.4. The highest BCUT2D eigenvalue weighted by atomic mass is 16.6. The van der Waals surface area contributed by atoms with Crippen LogP contribution in [0.5, 0.6) is 0 Å². The molecule has 5 heteroatoms. The molecule has 2 aromatic rings. The predicted octanol–water partition coefficient (Wildman–Crippen LogP) is 3.96. The maximum absolute atomic E-state index is 12.2. The van der Waals surface area contributed by atoms with Gasteiger partial charge in [0.05, 0.1) is 5.52 Å². The monoisotopic (exact) mass is 327 g/mol. The zero-order valence-electron chi connectivity index (χ0n) is 14.8. The van der Waals surface area contributed by atoms with Crippen molar-refractivity contribution < 1.29 is 9.53 Å². The molecule has 2 heterocycles. The number of ether oxygens (including phenoxy) is 1. The molecule has 3 rings (SSSR count). The molecule has 0 saturated carbocycles. The highest BCUT2D eigenvalue weighted by Crippen LogP contribution is 2.28. The second kappa shape index (κ2) is 6.30. The fourth-order valence-electron chi connectivity index (χ4n) is 3.03. The van der Waals surface area contributed by atoms with E-state index in [9.17, 15) is 4.79 Å². The Labute approximate surface area is 143 Å². The molecule has 1 aliphatic heterocycles. The summed E-state index contributed by atoms with van der Waals surface area (Å²) in [6.07, 6.45) is 2.49. The maximum Gasteiger partial charge on any atom is 0.410 e. The van der Waals surface area contributed by atoms with Crippen molar-refractivity contribution >= 4 is 22.7 Å². The van der Waals surface area contributed by atoms with Gasteiger partial charge in [0.15, 0.2) is 0 Å². The fourth-order valence-corrected chi connectivity index (χ4v) is 3.03. The molecule has 1 atom stereocenters. The van der Waals surface area contributed by atoms with Gasteiger partial charge in [-0.2, -0.15) is 0 Å². The van der Waals surface area contributed by atoms with Crippen LogP contribution < -0.4 is 5.32 Å². The van der Waals surface area contributed by atoms with E-state index in [2.05, 4.69) is 29.4 Å². The number of rotatable bonds is 2. The predicted molar refractivity (Wildman–Crippen MR) is 96.3 cm³/mol. The molecule has 0 unspecified atom stereocenters. The number of benzene rings is 1. The van der Waals surface area contributed by atoms with Gasteiger partial charge < -0.3 is 15.0 Å². The van der Waals surface area contributed by atoms with Gasteiger partial charge in [-0.1, -0.05) is 6.07 Å². The van der Waals surface area contributed by atoms with Crippen LogP contribution in [0.25, 0.3) is 10.9 Å². The van der Waals surface area contributed by atoms with Crippen LogP contribution in [-0.2, 0) is 4.74 Å². The number of nitrogens with zero attached hydrogens (tertiary/aromatic N) is 2. The smallest absolute Gasteiger partial charge is 0.410 e. The van der Waals surface area contributed by atoms with Gasteiger partial charge >= 0.3 is 6.09 Å². The van der Waals surface area contributed by atoms with Crippen LogP contribution in [0.15, 0.2) is 30.5 Å². The number of aromatic nitrogens is 1. The largest absolute Gasteiger partial charge is 0.444 e. The Bertz CT molecular complexity index is 752. The lowest BCUT2D eigenvalue weighted by Gasteiger charge is -2.24. The number of aryl methyl sites for hydroxylation is 1. The Morgan fingerprint density at radius 1 is 1.33 bits per heavy atom. The molecule has 1 aromatic carbocycles. The second-order valence-corrected chi connectivity index (χ2v) is 7.38. The molecule has 5 nitrogen and oxygen atoms in total. The van der Waals surface area contributed by atoms with E-state index in [1.807, 2.05) is 32.9 Å². The summed E-state index contributed by atoms with van der Waals surface area (Å²) in [7, 11) is 0. The van der Waals surface area contributed by atoms with Crippen molar-refractivity contribution in [1.82, 2.24) is 9.88 Å². The third-order valence-electron chi connectivity index (χ3n) is 4.18. The number of hydrogen-bond donors (Lipinski definition) is 1. The molecule has 128 valence electrons. The molecular weight excluding hydrogens is 302 g/mol. The van der Waals surface area contributed by atoms with Crippen molar-refractivity contribution in [3.8, 4) is 0 Å². The first kappa shape index (κ1) is 16.6. The molecule has 0 bridgehead atoms. The van der Waals surface area contributed by atoms with Crippen molar-refractivity contribution in [3.63, 3.8) is 0 Å². The van der Waals surface area contributed by atoms with Gasteiger partial charge in [-0.25, -0.2) is 4.79 Å². The number of anilines is 1. The summed E-state index contributed by atoms with van der Waals surface area (Å²) in [6, 6.07) is 8.38. The van der Waals surface area contributed by atoms with Crippen LogP contribution in [0.1, 0.15) is 32.8 Å². The summed E-state index contributed by atoms with van der Waals surface area (Å²) >= 11 is 0. The summed E-state index contributed by atoms with van der Waals surface area (Å²) < 4.78 is 5.46. The molecule has 24 heavy (non-hydrogen) atoms. The molecule has 1 aliphatic rings. The summed E-state index contributed by atoms with van der Waals surface area (Å²) in [6.45, 7) is 9.14.